The van der Waals surface area contributed by atoms with Crippen molar-refractivity contribution in [2.45, 2.75) is 0 Å². The van der Waals surface area contributed by atoms with E-state index >= 15 is 0 Å². The molecule has 1 aliphatic heterocycles. The Balaban J connectivity index is 2.80. The van der Waals surface area contributed by atoms with E-state index in [-0.39, 0.29) is 11.8 Å². The summed E-state index contributed by atoms with van der Waals surface area (Å²) in [6.45, 7) is 0.400. The van der Waals surface area contributed by atoms with E-state index in [0.717, 1.165) is 4.90 Å². The van der Waals surface area contributed by atoms with Crippen molar-refractivity contribution in [3.8, 4) is 6.19 Å². The summed E-state index contributed by atoms with van der Waals surface area (Å²) in [6, 6.07) is 0. The highest BCUT2D eigenvalue weighted by Gasteiger charge is 2.13. The average Bonchev–Trinajstić information content (AvgIpc) is 2.07. The quantitative estimate of drug-likeness (QED) is 0.249. The molecule has 0 aromatic heterocycles. The van der Waals surface area contributed by atoms with E-state index in [4.69, 9.17) is 21.1 Å². The van der Waals surface area contributed by atoms with Gasteiger partial charge in [-0.3, -0.25) is 5.41 Å². The van der Waals surface area contributed by atoms with Crippen molar-refractivity contribution in [3.05, 3.63) is 24.1 Å². The number of hydrogen-bond acceptors (Lipinski definition) is 3. The molecule has 1 aliphatic rings. The smallest absolute Gasteiger partial charge is 0.210 e. The van der Waals surface area contributed by atoms with E-state index in [1.807, 2.05) is 0 Å². The number of ether oxygens (including phenoxy) is 1. The van der Waals surface area contributed by atoms with Gasteiger partial charge in [0.2, 0.25) is 11.8 Å². The van der Waals surface area contributed by atoms with Crippen molar-refractivity contribution >= 4 is 5.96 Å². The maximum absolute atomic E-state index is 8.56. The first-order chi connectivity index (χ1) is 5.75. The lowest BCUT2D eigenvalue weighted by Crippen LogP contribution is -2.33. The Bertz CT molecular complexity index is 286. The van der Waals surface area contributed by atoms with E-state index < -0.39 is 0 Å². The highest BCUT2D eigenvalue weighted by Crippen LogP contribution is 2.08. The minimum absolute atomic E-state index is 0.285. The molecule has 0 aromatic carbocycles. The first-order valence-electron chi connectivity index (χ1n) is 3.29. The molecule has 1 rings (SSSR count). The molecule has 0 aromatic rings. The molecule has 0 atom stereocenters. The number of guanidine groups is 1. The number of rotatable bonds is 1. The molecule has 0 saturated carbocycles. The Morgan fingerprint density at radius 1 is 1.83 bits per heavy atom. The van der Waals surface area contributed by atoms with Crippen molar-refractivity contribution in [1.29, 1.82) is 10.7 Å². The van der Waals surface area contributed by atoms with Crippen LogP contribution in [0.1, 0.15) is 0 Å². The average molecular weight is 164 g/mol. The Hall–Kier alpha value is -1.96. The molecular weight excluding hydrogens is 156 g/mol. The van der Waals surface area contributed by atoms with Crippen LogP contribution in [0.15, 0.2) is 24.1 Å². The molecule has 0 fully saturated rings. The lowest BCUT2D eigenvalue weighted by atomic mass is 10.4. The van der Waals surface area contributed by atoms with Crippen LogP contribution in [0.3, 0.4) is 0 Å². The first kappa shape index (κ1) is 8.14. The summed E-state index contributed by atoms with van der Waals surface area (Å²) in [7, 11) is 0. The second-order valence-corrected chi connectivity index (χ2v) is 2.06. The van der Waals surface area contributed by atoms with Gasteiger partial charge in [-0.25, -0.2) is 0 Å². The van der Waals surface area contributed by atoms with E-state index in [9.17, 15) is 0 Å². The molecule has 12 heavy (non-hydrogen) atoms. The van der Waals surface area contributed by atoms with Crippen LogP contribution in [-0.2, 0) is 4.74 Å². The SMILES string of the molecule is N#CN(C(=N)N)C1=CC=CCO1. The van der Waals surface area contributed by atoms with E-state index in [1.54, 1.807) is 24.4 Å². The van der Waals surface area contributed by atoms with Gasteiger partial charge in [0.1, 0.15) is 6.61 Å². The third kappa shape index (κ3) is 1.55. The molecule has 0 radical (unpaired) electrons. The topological polar surface area (TPSA) is 86.1 Å². The fraction of sp³-hybridized carbons (Fsp3) is 0.143. The van der Waals surface area contributed by atoms with Crippen LogP contribution < -0.4 is 5.73 Å². The molecule has 5 heteroatoms. The number of nitriles is 1. The summed E-state index contributed by atoms with van der Waals surface area (Å²) in [5.74, 6) is -0.0634. The number of allylic oxidation sites excluding steroid dienone is 2. The normalized spacial score (nSPS) is 14.1. The molecule has 0 aliphatic carbocycles. The van der Waals surface area contributed by atoms with Gasteiger partial charge in [-0.2, -0.15) is 10.2 Å². The summed E-state index contributed by atoms with van der Waals surface area (Å²) in [5.41, 5.74) is 5.12. The molecule has 0 saturated heterocycles. The minimum atomic E-state index is -0.348. The Morgan fingerprint density at radius 3 is 3.00 bits per heavy atom. The van der Waals surface area contributed by atoms with Crippen LogP contribution in [0.2, 0.25) is 0 Å². The van der Waals surface area contributed by atoms with Crippen molar-refractivity contribution in [2.75, 3.05) is 6.61 Å². The van der Waals surface area contributed by atoms with Gasteiger partial charge in [-0.05, 0) is 12.2 Å². The number of nitrogens with zero attached hydrogens (tertiary/aromatic N) is 2. The van der Waals surface area contributed by atoms with Crippen LogP contribution >= 0.6 is 0 Å². The van der Waals surface area contributed by atoms with Crippen LogP contribution in [0.25, 0.3) is 0 Å². The monoisotopic (exact) mass is 164 g/mol. The molecule has 0 unspecified atom stereocenters. The standard InChI is InChI=1S/C7H8N4O/c8-5-11(7(9)10)6-3-1-2-4-12-6/h1-3H,4H2,(H3,9,10). The maximum atomic E-state index is 8.56. The Kier molecular flexibility index (Phi) is 2.33. The molecule has 1 heterocycles. The van der Waals surface area contributed by atoms with Gasteiger partial charge < -0.3 is 10.5 Å². The third-order valence-corrected chi connectivity index (χ3v) is 1.26. The van der Waals surface area contributed by atoms with Crippen LogP contribution in [0.5, 0.6) is 0 Å². The van der Waals surface area contributed by atoms with Gasteiger partial charge in [0.25, 0.3) is 0 Å². The molecule has 0 spiro atoms. The zero-order valence-corrected chi connectivity index (χ0v) is 6.32. The lowest BCUT2D eigenvalue weighted by molar-refractivity contribution is 0.191. The maximum Gasteiger partial charge on any atom is 0.210 e. The summed E-state index contributed by atoms with van der Waals surface area (Å²) in [4.78, 5) is 0.906. The van der Waals surface area contributed by atoms with Gasteiger partial charge in [0.05, 0.1) is 0 Å². The zero-order valence-electron chi connectivity index (χ0n) is 6.32. The van der Waals surface area contributed by atoms with Crippen LogP contribution in [-0.4, -0.2) is 17.5 Å². The van der Waals surface area contributed by atoms with Gasteiger partial charge in [0.15, 0.2) is 6.19 Å². The molecule has 62 valence electrons. The molecule has 3 N–H and O–H groups in total. The largest absolute Gasteiger partial charge is 0.474 e. The van der Waals surface area contributed by atoms with Gasteiger partial charge >= 0.3 is 0 Å². The summed E-state index contributed by atoms with van der Waals surface area (Å²) in [5, 5.41) is 15.6. The molecule has 0 bridgehead atoms. The highest BCUT2D eigenvalue weighted by atomic mass is 16.5. The highest BCUT2D eigenvalue weighted by molar-refractivity contribution is 5.78. The minimum Gasteiger partial charge on any atom is -0.474 e. The predicted molar refractivity (Wildman–Crippen MR) is 42.5 cm³/mol. The van der Waals surface area contributed by atoms with Crippen molar-refractivity contribution < 1.29 is 4.74 Å². The fourth-order valence-corrected chi connectivity index (χ4v) is 0.748. The van der Waals surface area contributed by atoms with E-state index in [2.05, 4.69) is 0 Å². The Morgan fingerprint density at radius 2 is 2.58 bits per heavy atom. The number of nitrogens with one attached hydrogen (secondary N) is 1. The second-order valence-electron chi connectivity index (χ2n) is 2.06. The summed E-state index contributed by atoms with van der Waals surface area (Å²) in [6.07, 6.45) is 6.84. The van der Waals surface area contributed by atoms with Gasteiger partial charge in [0, 0.05) is 0 Å². The number of hydrogen-bond donors (Lipinski definition) is 2. The van der Waals surface area contributed by atoms with E-state index in [0.29, 0.717) is 6.61 Å². The van der Waals surface area contributed by atoms with Crippen molar-refractivity contribution in [3.63, 3.8) is 0 Å². The fourth-order valence-electron chi connectivity index (χ4n) is 0.748. The predicted octanol–water partition coefficient (Wildman–Crippen LogP) is 0.0908. The molecular formula is C7H8N4O. The summed E-state index contributed by atoms with van der Waals surface area (Å²) >= 11 is 0. The van der Waals surface area contributed by atoms with Gasteiger partial charge in [-0.1, -0.05) is 6.08 Å². The molecule has 5 nitrogen and oxygen atoms in total. The van der Waals surface area contributed by atoms with Crippen molar-refractivity contribution in [2.24, 2.45) is 5.73 Å². The third-order valence-electron chi connectivity index (χ3n) is 1.26. The van der Waals surface area contributed by atoms with E-state index in [1.165, 1.54) is 0 Å². The second kappa shape index (κ2) is 3.44. The number of nitrogens with two attached hydrogens (primary N) is 1. The lowest BCUT2D eigenvalue weighted by Gasteiger charge is -2.17. The van der Waals surface area contributed by atoms with Gasteiger partial charge in [-0.15, -0.1) is 0 Å². The molecule has 0 amide bonds. The zero-order chi connectivity index (χ0) is 8.97. The Labute approximate surface area is 69.8 Å². The first-order valence-corrected chi connectivity index (χ1v) is 3.29. The van der Waals surface area contributed by atoms with Crippen LogP contribution in [0.4, 0.5) is 0 Å². The van der Waals surface area contributed by atoms with Crippen molar-refractivity contribution in [1.82, 2.24) is 4.90 Å². The summed E-state index contributed by atoms with van der Waals surface area (Å²) < 4.78 is 5.05. The van der Waals surface area contributed by atoms with Crippen LogP contribution in [0, 0.1) is 16.9 Å².